The molecule has 2 heterocycles. The molecule has 1 saturated carbocycles. The van der Waals surface area contributed by atoms with Crippen molar-refractivity contribution >= 4 is 22.6 Å². The van der Waals surface area contributed by atoms with E-state index < -0.39 is 0 Å². The van der Waals surface area contributed by atoms with Gasteiger partial charge in [0, 0.05) is 24.1 Å². The van der Waals surface area contributed by atoms with E-state index in [0.717, 1.165) is 66.8 Å². The molecule has 1 spiro atoms. The van der Waals surface area contributed by atoms with Crippen molar-refractivity contribution in [2.24, 2.45) is 4.99 Å². The van der Waals surface area contributed by atoms with Crippen LogP contribution >= 0.6 is 0 Å². The summed E-state index contributed by atoms with van der Waals surface area (Å²) >= 11 is 0. The van der Waals surface area contributed by atoms with Gasteiger partial charge in [-0.2, -0.15) is 0 Å². The average Bonchev–Trinajstić information content (AvgIpc) is 3.22. The minimum Gasteiger partial charge on any atom is -0.440 e. The van der Waals surface area contributed by atoms with E-state index in [1.165, 1.54) is 17.6 Å². The highest BCUT2D eigenvalue weighted by Crippen LogP contribution is 2.48. The van der Waals surface area contributed by atoms with Crippen molar-refractivity contribution in [1.29, 1.82) is 0 Å². The zero-order valence-corrected chi connectivity index (χ0v) is 18.3. The maximum atomic E-state index is 13.5. The van der Waals surface area contributed by atoms with Crippen LogP contribution in [0.15, 0.2) is 75.2 Å². The number of allylic oxidation sites excluding steroid dienone is 1. The van der Waals surface area contributed by atoms with Crippen LogP contribution in [0.2, 0.25) is 0 Å². The van der Waals surface area contributed by atoms with Gasteiger partial charge in [0.1, 0.15) is 5.52 Å². The smallest absolute Gasteiger partial charge is 0.201 e. The van der Waals surface area contributed by atoms with Crippen molar-refractivity contribution in [2.45, 2.75) is 69.2 Å². The number of nitrogens with zero attached hydrogens (tertiary/aromatic N) is 2. The molecule has 0 bridgehead atoms. The van der Waals surface area contributed by atoms with Crippen LogP contribution in [0.4, 0.5) is 0 Å². The van der Waals surface area contributed by atoms with Gasteiger partial charge in [-0.05, 0) is 42.9 Å². The molecule has 1 unspecified atom stereocenters. The molecule has 3 aromatic rings. The largest absolute Gasteiger partial charge is 0.440 e. The monoisotopic (exact) mass is 424 g/mol. The molecule has 2 aliphatic carbocycles. The molecule has 0 N–H and O–H groups in total. The van der Waals surface area contributed by atoms with Crippen molar-refractivity contribution < 1.29 is 9.21 Å². The highest BCUT2D eigenvalue weighted by atomic mass is 16.3. The molecule has 2 aromatic carbocycles. The molecule has 1 fully saturated rings. The Balaban J connectivity index is 1.36. The van der Waals surface area contributed by atoms with Crippen molar-refractivity contribution in [1.82, 2.24) is 4.98 Å². The highest BCUT2D eigenvalue weighted by molar-refractivity contribution is 6.04. The summed E-state index contributed by atoms with van der Waals surface area (Å²) in [6.07, 6.45) is 8.47. The number of benzene rings is 2. The number of Topliss-reactive ketones (excluding diaryl/α,β-unsaturated/α-hetero) is 1. The van der Waals surface area contributed by atoms with E-state index in [4.69, 9.17) is 14.4 Å². The Morgan fingerprint density at radius 2 is 1.72 bits per heavy atom. The molecule has 1 atom stereocenters. The van der Waals surface area contributed by atoms with Crippen LogP contribution in [0.5, 0.6) is 0 Å². The number of oxazole rings is 1. The van der Waals surface area contributed by atoms with Gasteiger partial charge in [0.2, 0.25) is 5.89 Å². The third-order valence-electron chi connectivity index (χ3n) is 7.46. The fraction of sp³-hybridized carbons (Fsp3) is 0.393. The molecule has 0 saturated heterocycles. The molecule has 1 aliphatic heterocycles. The first-order valence-electron chi connectivity index (χ1n) is 11.9. The lowest BCUT2D eigenvalue weighted by atomic mass is 9.65. The third kappa shape index (κ3) is 3.42. The molecule has 0 radical (unpaired) electrons. The van der Waals surface area contributed by atoms with E-state index in [9.17, 15) is 4.79 Å². The standard InChI is InChI=1S/C28H28N2O2/c31-24-17-20(19-9-3-1-4-10-19)15-21-16-22(30-28(27(21)24)13-7-2-8-14-28)18-26-29-23-11-5-6-12-25(23)32-26/h1,3-6,9-12,20H,2,7-8,13-18H2. The number of dihydropyridines is 1. The molecule has 6 rings (SSSR count). The lowest BCUT2D eigenvalue weighted by Crippen LogP contribution is -2.42. The van der Waals surface area contributed by atoms with Crippen molar-refractivity contribution in [3.05, 3.63) is 77.2 Å². The van der Waals surface area contributed by atoms with Crippen LogP contribution in [0.25, 0.3) is 11.1 Å². The Labute approximate surface area is 188 Å². The molecule has 1 aromatic heterocycles. The number of carbonyl (C=O) groups is 1. The maximum Gasteiger partial charge on any atom is 0.201 e. The number of hydrogen-bond acceptors (Lipinski definition) is 4. The normalized spacial score (nSPS) is 22.8. The van der Waals surface area contributed by atoms with Gasteiger partial charge in [-0.1, -0.05) is 67.3 Å². The van der Waals surface area contributed by atoms with E-state index in [1.807, 2.05) is 30.3 Å². The van der Waals surface area contributed by atoms with Crippen molar-refractivity contribution in [3.8, 4) is 0 Å². The molecule has 162 valence electrons. The van der Waals surface area contributed by atoms with E-state index in [0.29, 0.717) is 18.6 Å². The summed E-state index contributed by atoms with van der Waals surface area (Å²) in [5.41, 5.74) is 6.17. The predicted octanol–water partition coefficient (Wildman–Crippen LogP) is 6.36. The number of hydrogen-bond donors (Lipinski definition) is 0. The van der Waals surface area contributed by atoms with Crippen molar-refractivity contribution in [3.63, 3.8) is 0 Å². The lowest BCUT2D eigenvalue weighted by Gasteiger charge is -2.43. The number of aromatic nitrogens is 1. The first-order valence-corrected chi connectivity index (χ1v) is 11.9. The van der Waals surface area contributed by atoms with Gasteiger partial charge in [-0.25, -0.2) is 4.98 Å². The fourth-order valence-electron chi connectivity index (χ4n) is 6.12. The zero-order chi connectivity index (χ0) is 21.5. The number of aliphatic imine (C=N–C) groups is 1. The molecule has 0 amide bonds. The number of rotatable bonds is 3. The summed E-state index contributed by atoms with van der Waals surface area (Å²) in [7, 11) is 0. The Hall–Kier alpha value is -3.01. The summed E-state index contributed by atoms with van der Waals surface area (Å²) in [5, 5.41) is 0. The second-order valence-corrected chi connectivity index (χ2v) is 9.62. The van der Waals surface area contributed by atoms with E-state index in [1.54, 1.807) is 0 Å². The van der Waals surface area contributed by atoms with Gasteiger partial charge < -0.3 is 4.42 Å². The number of carbonyl (C=O) groups excluding carboxylic acids is 1. The Morgan fingerprint density at radius 1 is 0.938 bits per heavy atom. The molecular weight excluding hydrogens is 396 g/mol. The van der Waals surface area contributed by atoms with Gasteiger partial charge in [0.05, 0.1) is 12.0 Å². The summed E-state index contributed by atoms with van der Waals surface area (Å²) in [4.78, 5) is 23.5. The number of fused-ring (bicyclic) bond motifs is 2. The average molecular weight is 425 g/mol. The Bertz CT molecular complexity index is 1200. The van der Waals surface area contributed by atoms with E-state index in [-0.39, 0.29) is 11.5 Å². The quantitative estimate of drug-likeness (QED) is 0.491. The van der Waals surface area contributed by atoms with Crippen LogP contribution in [0.3, 0.4) is 0 Å². The minimum atomic E-state index is -0.314. The van der Waals surface area contributed by atoms with Crippen LogP contribution in [-0.4, -0.2) is 22.0 Å². The van der Waals surface area contributed by atoms with Crippen LogP contribution < -0.4 is 0 Å². The van der Waals surface area contributed by atoms with Crippen LogP contribution in [0.1, 0.15) is 68.7 Å². The second kappa shape index (κ2) is 7.84. The third-order valence-corrected chi connectivity index (χ3v) is 7.46. The molecule has 4 heteroatoms. The summed E-state index contributed by atoms with van der Waals surface area (Å²) < 4.78 is 6.02. The van der Waals surface area contributed by atoms with Crippen LogP contribution in [-0.2, 0) is 11.2 Å². The summed E-state index contributed by atoms with van der Waals surface area (Å²) in [6.45, 7) is 0. The van der Waals surface area contributed by atoms with Gasteiger partial charge in [0.25, 0.3) is 0 Å². The number of ketones is 1. The number of para-hydroxylation sites is 2. The topological polar surface area (TPSA) is 55.5 Å². The van der Waals surface area contributed by atoms with E-state index in [2.05, 4.69) is 24.3 Å². The van der Waals surface area contributed by atoms with Crippen LogP contribution in [0, 0.1) is 0 Å². The molecule has 4 nitrogen and oxygen atoms in total. The van der Waals surface area contributed by atoms with E-state index >= 15 is 0 Å². The Kier molecular flexibility index (Phi) is 4.82. The molecule has 32 heavy (non-hydrogen) atoms. The van der Waals surface area contributed by atoms with Crippen molar-refractivity contribution in [2.75, 3.05) is 0 Å². The van der Waals surface area contributed by atoms with Gasteiger partial charge in [-0.3, -0.25) is 9.79 Å². The fourth-order valence-corrected chi connectivity index (χ4v) is 6.12. The maximum absolute atomic E-state index is 13.5. The molecule has 3 aliphatic rings. The second-order valence-electron chi connectivity index (χ2n) is 9.62. The van der Waals surface area contributed by atoms with Gasteiger partial charge in [-0.15, -0.1) is 0 Å². The minimum absolute atomic E-state index is 0.270. The highest BCUT2D eigenvalue weighted by Gasteiger charge is 2.45. The lowest BCUT2D eigenvalue weighted by molar-refractivity contribution is -0.117. The zero-order valence-electron chi connectivity index (χ0n) is 18.3. The first kappa shape index (κ1) is 19.7. The molecular formula is C28H28N2O2. The SMILES string of the molecule is O=C1CC(c2ccccc2)CC2=C1C1(CCCCC1)N=C(Cc1nc3ccccc3o1)C2. The summed E-state index contributed by atoms with van der Waals surface area (Å²) in [6, 6.07) is 18.4. The summed E-state index contributed by atoms with van der Waals surface area (Å²) in [5.74, 6) is 1.32. The Morgan fingerprint density at radius 3 is 2.53 bits per heavy atom. The van der Waals surface area contributed by atoms with Gasteiger partial charge in [0.15, 0.2) is 11.4 Å². The van der Waals surface area contributed by atoms with Gasteiger partial charge >= 0.3 is 0 Å². The predicted molar refractivity (Wildman–Crippen MR) is 126 cm³/mol. The first-order chi connectivity index (χ1) is 15.7.